The van der Waals surface area contributed by atoms with Crippen LogP contribution in [-0.4, -0.2) is 35.1 Å². The van der Waals surface area contributed by atoms with Gasteiger partial charge in [0.05, 0.1) is 5.92 Å². The Balaban J connectivity index is 2.33. The van der Waals surface area contributed by atoms with Crippen LogP contribution in [0.1, 0.15) is 44.9 Å². The zero-order valence-electron chi connectivity index (χ0n) is 13.4. The van der Waals surface area contributed by atoms with Gasteiger partial charge in [0.1, 0.15) is 0 Å². The molecule has 2 unspecified atom stereocenters. The first-order valence-corrected chi connectivity index (χ1v) is 8.19. The maximum absolute atomic E-state index is 13.2. The van der Waals surface area contributed by atoms with Crippen molar-refractivity contribution < 1.29 is 41.0 Å². The van der Waals surface area contributed by atoms with E-state index >= 15 is 0 Å². The number of ether oxygens (including phenoxy) is 1. The third-order valence-corrected chi connectivity index (χ3v) is 4.95. The molecule has 0 radical (unpaired) electrons. The van der Waals surface area contributed by atoms with E-state index in [0.717, 1.165) is 0 Å². The summed E-state index contributed by atoms with van der Waals surface area (Å²) in [6.45, 7) is 0. The Kier molecular flexibility index (Phi) is 5.75. The van der Waals surface area contributed by atoms with Crippen molar-refractivity contribution in [2.24, 2.45) is 11.8 Å². The lowest BCUT2D eigenvalue weighted by molar-refractivity contribution is -0.396. The van der Waals surface area contributed by atoms with Gasteiger partial charge in [0.2, 0.25) is 0 Å². The molecule has 0 aromatic carbocycles. The molecule has 0 bridgehead atoms. The zero-order chi connectivity index (χ0) is 18.9. The van der Waals surface area contributed by atoms with E-state index in [1.54, 1.807) is 12.2 Å². The van der Waals surface area contributed by atoms with E-state index in [9.17, 15) is 36.2 Å². The number of rotatable bonds is 4. The van der Waals surface area contributed by atoms with Crippen LogP contribution in [0, 0.1) is 11.8 Å². The average Bonchev–Trinajstić information content (AvgIpc) is 3.04. The van der Waals surface area contributed by atoms with E-state index in [0.29, 0.717) is 25.7 Å². The summed E-state index contributed by atoms with van der Waals surface area (Å²) < 4.78 is 84.1. The molecular weight excluding hydrogens is 354 g/mol. The molecule has 0 amide bonds. The molecule has 2 atom stereocenters. The summed E-state index contributed by atoms with van der Waals surface area (Å²) in [4.78, 5) is 12.2. The van der Waals surface area contributed by atoms with Crippen LogP contribution in [0.25, 0.3) is 0 Å². The van der Waals surface area contributed by atoms with Gasteiger partial charge >= 0.3 is 18.3 Å². The number of esters is 1. The quantitative estimate of drug-likeness (QED) is 0.453. The molecule has 2 aliphatic carbocycles. The summed E-state index contributed by atoms with van der Waals surface area (Å²) in [6, 6.07) is 0. The molecule has 9 heteroatoms. The highest BCUT2D eigenvalue weighted by atomic mass is 19.4. The zero-order valence-corrected chi connectivity index (χ0v) is 13.4. The summed E-state index contributed by atoms with van der Waals surface area (Å²) in [5, 5.41) is 9.71. The summed E-state index contributed by atoms with van der Waals surface area (Å²) in [7, 11) is 0. The monoisotopic (exact) mass is 374 g/mol. The van der Waals surface area contributed by atoms with Crippen LogP contribution in [0.3, 0.4) is 0 Å². The van der Waals surface area contributed by atoms with Crippen molar-refractivity contribution in [3.8, 4) is 0 Å². The van der Waals surface area contributed by atoms with Gasteiger partial charge in [-0.05, 0) is 38.0 Å². The maximum Gasteiger partial charge on any atom is 0.430 e. The molecule has 1 fully saturated rings. The van der Waals surface area contributed by atoms with Crippen molar-refractivity contribution in [3.05, 3.63) is 12.2 Å². The minimum Gasteiger partial charge on any atom is -0.458 e. The summed E-state index contributed by atoms with van der Waals surface area (Å²) in [5.74, 6) is -3.09. The number of carbonyl (C=O) groups is 1. The average molecular weight is 374 g/mol. The van der Waals surface area contributed by atoms with Crippen molar-refractivity contribution in [2.75, 3.05) is 0 Å². The molecule has 0 spiro atoms. The van der Waals surface area contributed by atoms with Crippen molar-refractivity contribution >= 4 is 5.97 Å². The number of hydrogen-bond donors (Lipinski definition) is 1. The molecule has 144 valence electrons. The highest BCUT2D eigenvalue weighted by Gasteiger charge is 2.76. The van der Waals surface area contributed by atoms with Gasteiger partial charge in [0, 0.05) is 0 Å². The van der Waals surface area contributed by atoms with Crippen LogP contribution in [0.5, 0.6) is 0 Å². The number of allylic oxidation sites excluding steroid dienone is 2. The smallest absolute Gasteiger partial charge is 0.430 e. The van der Waals surface area contributed by atoms with Gasteiger partial charge in [0.15, 0.2) is 6.10 Å². The van der Waals surface area contributed by atoms with Crippen molar-refractivity contribution in [1.29, 1.82) is 0 Å². The highest BCUT2D eigenvalue weighted by molar-refractivity contribution is 5.73. The molecule has 2 rings (SSSR count). The molecule has 0 aromatic heterocycles. The van der Waals surface area contributed by atoms with E-state index in [-0.39, 0.29) is 19.3 Å². The molecule has 0 heterocycles. The summed E-state index contributed by atoms with van der Waals surface area (Å²) >= 11 is 0. The molecule has 0 saturated heterocycles. The van der Waals surface area contributed by atoms with Crippen LogP contribution in [0.2, 0.25) is 0 Å². The fraction of sp³-hybridized carbons (Fsp3) is 0.812. The Morgan fingerprint density at radius 1 is 1.00 bits per heavy atom. The predicted molar refractivity (Wildman–Crippen MR) is 75.4 cm³/mol. The summed E-state index contributed by atoms with van der Waals surface area (Å²) in [6.07, 6.45) is -9.36. The lowest BCUT2D eigenvalue weighted by Gasteiger charge is -2.41. The number of carbonyl (C=O) groups excluding carboxylic acids is 1. The van der Waals surface area contributed by atoms with Crippen LogP contribution in [-0.2, 0) is 9.53 Å². The number of halogens is 6. The van der Waals surface area contributed by atoms with E-state index in [4.69, 9.17) is 4.74 Å². The third-order valence-electron chi connectivity index (χ3n) is 4.95. The molecule has 3 nitrogen and oxygen atoms in total. The van der Waals surface area contributed by atoms with Gasteiger partial charge in [0.25, 0.3) is 5.60 Å². The number of hydrogen-bond acceptors (Lipinski definition) is 3. The van der Waals surface area contributed by atoms with E-state index < -0.39 is 41.9 Å². The van der Waals surface area contributed by atoms with Crippen LogP contribution in [0.15, 0.2) is 12.2 Å². The van der Waals surface area contributed by atoms with E-state index in [1.165, 1.54) is 0 Å². The second-order valence-electron chi connectivity index (χ2n) is 6.65. The minimum absolute atomic E-state index is 0.0387. The van der Waals surface area contributed by atoms with Crippen LogP contribution >= 0.6 is 0 Å². The Bertz CT molecular complexity index is 491. The van der Waals surface area contributed by atoms with Gasteiger partial charge in [-0.2, -0.15) is 26.3 Å². The molecular formula is C16H20F6O3. The largest absolute Gasteiger partial charge is 0.458 e. The molecule has 1 saturated carbocycles. The number of alkyl halides is 6. The molecule has 25 heavy (non-hydrogen) atoms. The second kappa shape index (κ2) is 7.17. The Morgan fingerprint density at radius 3 is 2.00 bits per heavy atom. The Morgan fingerprint density at radius 2 is 1.56 bits per heavy atom. The van der Waals surface area contributed by atoms with Gasteiger partial charge in [-0.3, -0.25) is 4.79 Å². The fourth-order valence-corrected chi connectivity index (χ4v) is 3.50. The minimum atomic E-state index is -6.01. The highest BCUT2D eigenvalue weighted by Crippen LogP contribution is 2.50. The molecule has 0 aliphatic heterocycles. The van der Waals surface area contributed by atoms with Crippen LogP contribution < -0.4 is 0 Å². The first-order valence-electron chi connectivity index (χ1n) is 8.19. The predicted octanol–water partition coefficient (Wildman–Crippen LogP) is 4.30. The first-order chi connectivity index (χ1) is 11.5. The fourth-order valence-electron chi connectivity index (χ4n) is 3.50. The Hall–Kier alpha value is -1.25. The second-order valence-corrected chi connectivity index (χ2v) is 6.65. The van der Waals surface area contributed by atoms with Crippen molar-refractivity contribution in [2.45, 2.75) is 69.0 Å². The van der Waals surface area contributed by atoms with Crippen LogP contribution in [0.4, 0.5) is 26.3 Å². The van der Waals surface area contributed by atoms with Gasteiger partial charge in [-0.15, -0.1) is 0 Å². The van der Waals surface area contributed by atoms with Gasteiger partial charge in [-0.1, -0.05) is 25.0 Å². The molecule has 2 aliphatic rings. The SMILES string of the molecule is O=C(OC(C1CCCC1)C(O)(C(F)(F)F)C(F)(F)F)C1CC=CCC1. The maximum atomic E-state index is 13.2. The van der Waals surface area contributed by atoms with Gasteiger partial charge < -0.3 is 9.84 Å². The van der Waals surface area contributed by atoms with Crippen molar-refractivity contribution in [1.82, 2.24) is 0 Å². The third kappa shape index (κ3) is 3.96. The normalized spacial score (nSPS) is 24.4. The Labute approximate surface area is 141 Å². The lowest BCUT2D eigenvalue weighted by Crippen LogP contribution is -2.67. The number of aliphatic hydroxyl groups is 1. The lowest BCUT2D eigenvalue weighted by atomic mass is 9.84. The van der Waals surface area contributed by atoms with E-state index in [1.807, 2.05) is 0 Å². The molecule has 0 aromatic rings. The molecule has 1 N–H and O–H groups in total. The van der Waals surface area contributed by atoms with Gasteiger partial charge in [-0.25, -0.2) is 0 Å². The summed E-state index contributed by atoms with van der Waals surface area (Å²) in [5.41, 5.74) is -5.07. The standard InChI is InChI=1S/C16H20F6O3/c17-15(18,19)14(24,16(20,21)22)12(10-6-4-5-7-10)25-13(23)11-8-2-1-3-9-11/h1-2,10-12,24H,3-9H2. The first kappa shape index (κ1) is 20.1. The topological polar surface area (TPSA) is 46.5 Å². The van der Waals surface area contributed by atoms with E-state index in [2.05, 4.69) is 0 Å². The van der Waals surface area contributed by atoms with Crippen molar-refractivity contribution in [3.63, 3.8) is 0 Å².